The van der Waals surface area contributed by atoms with E-state index in [9.17, 15) is 4.79 Å². The molecule has 2 rings (SSSR count). The van der Waals surface area contributed by atoms with Crippen molar-refractivity contribution in [2.45, 2.75) is 19.3 Å². The minimum Gasteiger partial charge on any atom is -0.397 e. The number of hydrogen-bond donors (Lipinski definition) is 1. The molecule has 0 atom stereocenters. The second-order valence-corrected chi connectivity index (χ2v) is 5.44. The van der Waals surface area contributed by atoms with Gasteiger partial charge in [0.15, 0.2) is 0 Å². The molecule has 0 aliphatic heterocycles. The number of unbranched alkanes of at least 4 members (excludes halogenated alkanes) is 1. The fourth-order valence-electron chi connectivity index (χ4n) is 2.42. The predicted molar refractivity (Wildman–Crippen MR) is 86.2 cm³/mol. The summed E-state index contributed by atoms with van der Waals surface area (Å²) in [7, 11) is 3.68. The minimum absolute atomic E-state index is 0.0221. The van der Waals surface area contributed by atoms with Crippen molar-refractivity contribution in [2.24, 2.45) is 7.05 Å². The highest BCUT2D eigenvalue weighted by Crippen LogP contribution is 2.12. The zero-order valence-corrected chi connectivity index (χ0v) is 12.7. The lowest BCUT2D eigenvalue weighted by molar-refractivity contribution is 0.0783. The summed E-state index contributed by atoms with van der Waals surface area (Å²) in [5, 5.41) is 0. The first-order chi connectivity index (χ1) is 10.1. The van der Waals surface area contributed by atoms with Crippen molar-refractivity contribution in [3.05, 3.63) is 53.9 Å². The fourth-order valence-corrected chi connectivity index (χ4v) is 2.42. The van der Waals surface area contributed by atoms with Crippen LogP contribution < -0.4 is 5.73 Å². The highest BCUT2D eigenvalue weighted by molar-refractivity contribution is 5.93. The molecule has 21 heavy (non-hydrogen) atoms. The molecule has 112 valence electrons. The summed E-state index contributed by atoms with van der Waals surface area (Å²) in [5.74, 6) is 0.0221. The Morgan fingerprint density at radius 1 is 1.24 bits per heavy atom. The van der Waals surface area contributed by atoms with Gasteiger partial charge in [0.05, 0.1) is 5.69 Å². The summed E-state index contributed by atoms with van der Waals surface area (Å²) in [5.41, 5.74) is 8.32. The van der Waals surface area contributed by atoms with Crippen molar-refractivity contribution < 1.29 is 4.79 Å². The number of carbonyl (C=O) groups excluding carboxylic acids is 1. The zero-order chi connectivity index (χ0) is 15.2. The lowest BCUT2D eigenvalue weighted by Gasteiger charge is -2.17. The van der Waals surface area contributed by atoms with Gasteiger partial charge in [0, 0.05) is 26.8 Å². The number of nitrogens with zero attached hydrogens (tertiary/aromatic N) is 2. The Labute approximate surface area is 126 Å². The van der Waals surface area contributed by atoms with Crippen LogP contribution in [0, 0.1) is 0 Å². The molecule has 0 spiro atoms. The van der Waals surface area contributed by atoms with Crippen LogP contribution in [-0.4, -0.2) is 29.0 Å². The van der Waals surface area contributed by atoms with Gasteiger partial charge in [-0.3, -0.25) is 4.79 Å². The average molecular weight is 285 g/mol. The summed E-state index contributed by atoms with van der Waals surface area (Å²) < 4.78 is 1.78. The topological polar surface area (TPSA) is 51.3 Å². The number of benzene rings is 1. The van der Waals surface area contributed by atoms with E-state index < -0.39 is 0 Å². The number of aromatic nitrogens is 1. The van der Waals surface area contributed by atoms with Crippen LogP contribution in [0.25, 0.3) is 0 Å². The molecule has 2 N–H and O–H groups in total. The first-order valence-corrected chi connectivity index (χ1v) is 7.29. The van der Waals surface area contributed by atoms with Gasteiger partial charge < -0.3 is 15.2 Å². The van der Waals surface area contributed by atoms with Crippen LogP contribution in [0.1, 0.15) is 28.9 Å². The number of carbonyl (C=O) groups is 1. The van der Waals surface area contributed by atoms with Crippen LogP contribution in [0.15, 0.2) is 42.6 Å². The number of anilines is 1. The van der Waals surface area contributed by atoms with Crippen molar-refractivity contribution in [1.29, 1.82) is 0 Å². The van der Waals surface area contributed by atoms with Crippen LogP contribution >= 0.6 is 0 Å². The van der Waals surface area contributed by atoms with E-state index in [4.69, 9.17) is 5.73 Å². The number of hydrogen-bond acceptors (Lipinski definition) is 2. The number of rotatable bonds is 6. The molecule has 0 aliphatic rings. The third kappa shape index (κ3) is 4.12. The van der Waals surface area contributed by atoms with Crippen molar-refractivity contribution in [2.75, 3.05) is 19.3 Å². The quantitative estimate of drug-likeness (QED) is 0.830. The maximum atomic E-state index is 12.3. The summed E-state index contributed by atoms with van der Waals surface area (Å²) in [6.07, 6.45) is 4.89. The van der Waals surface area contributed by atoms with E-state index in [1.165, 1.54) is 5.56 Å². The highest BCUT2D eigenvalue weighted by atomic mass is 16.2. The second kappa shape index (κ2) is 6.97. The molecule has 1 heterocycles. The summed E-state index contributed by atoms with van der Waals surface area (Å²) in [4.78, 5) is 14.1. The van der Waals surface area contributed by atoms with Crippen molar-refractivity contribution >= 4 is 11.6 Å². The summed E-state index contributed by atoms with van der Waals surface area (Å²) in [6, 6.07) is 12.2. The molecule has 1 aromatic carbocycles. The molecule has 0 bridgehead atoms. The Kier molecular flexibility index (Phi) is 5.04. The predicted octanol–water partition coefficient (Wildman–Crippen LogP) is 2.70. The van der Waals surface area contributed by atoms with E-state index in [2.05, 4.69) is 24.3 Å². The lowest BCUT2D eigenvalue weighted by atomic mass is 10.1. The Morgan fingerprint density at radius 3 is 2.57 bits per heavy atom. The number of nitrogen functional groups attached to an aromatic ring is 1. The molecular weight excluding hydrogens is 262 g/mol. The van der Waals surface area contributed by atoms with E-state index in [-0.39, 0.29) is 5.91 Å². The zero-order valence-electron chi connectivity index (χ0n) is 12.7. The molecular formula is C17H23N3O. The molecule has 0 aliphatic carbocycles. The normalized spacial score (nSPS) is 10.6. The van der Waals surface area contributed by atoms with Gasteiger partial charge in [-0.05, 0) is 30.9 Å². The molecule has 4 nitrogen and oxygen atoms in total. The SMILES string of the molecule is CN(CCCCc1ccccc1)C(=O)c1cc(N)cn1C. The van der Waals surface area contributed by atoms with Crippen LogP contribution in [0.2, 0.25) is 0 Å². The van der Waals surface area contributed by atoms with Gasteiger partial charge >= 0.3 is 0 Å². The maximum absolute atomic E-state index is 12.3. The first kappa shape index (κ1) is 15.2. The lowest BCUT2D eigenvalue weighted by Crippen LogP contribution is -2.29. The maximum Gasteiger partial charge on any atom is 0.270 e. The van der Waals surface area contributed by atoms with Gasteiger partial charge in [-0.15, -0.1) is 0 Å². The number of amides is 1. The largest absolute Gasteiger partial charge is 0.397 e. The van der Waals surface area contributed by atoms with Gasteiger partial charge in [0.25, 0.3) is 5.91 Å². The Bertz CT molecular complexity index is 589. The monoisotopic (exact) mass is 285 g/mol. The fraction of sp³-hybridized carbons (Fsp3) is 0.353. The second-order valence-electron chi connectivity index (χ2n) is 5.44. The summed E-state index contributed by atoms with van der Waals surface area (Å²) in [6.45, 7) is 0.761. The van der Waals surface area contributed by atoms with E-state index in [0.717, 1.165) is 25.8 Å². The average Bonchev–Trinajstić information content (AvgIpc) is 2.82. The van der Waals surface area contributed by atoms with Gasteiger partial charge in [-0.25, -0.2) is 0 Å². The van der Waals surface area contributed by atoms with Crippen molar-refractivity contribution in [3.8, 4) is 0 Å². The Balaban J connectivity index is 1.78. The molecule has 4 heteroatoms. The molecule has 2 aromatic rings. The van der Waals surface area contributed by atoms with Crippen LogP contribution in [0.3, 0.4) is 0 Å². The Morgan fingerprint density at radius 2 is 1.95 bits per heavy atom. The Hall–Kier alpha value is -2.23. The van der Waals surface area contributed by atoms with Crippen LogP contribution in [0.4, 0.5) is 5.69 Å². The smallest absolute Gasteiger partial charge is 0.270 e. The molecule has 1 aromatic heterocycles. The van der Waals surface area contributed by atoms with Crippen molar-refractivity contribution in [1.82, 2.24) is 9.47 Å². The first-order valence-electron chi connectivity index (χ1n) is 7.29. The minimum atomic E-state index is 0.0221. The molecule has 0 saturated carbocycles. The molecule has 0 fully saturated rings. The third-order valence-corrected chi connectivity index (χ3v) is 3.64. The van der Waals surface area contributed by atoms with Gasteiger partial charge in [-0.1, -0.05) is 30.3 Å². The van der Waals surface area contributed by atoms with Crippen LogP contribution in [0.5, 0.6) is 0 Å². The molecule has 0 saturated heterocycles. The number of nitrogens with two attached hydrogens (primary N) is 1. The van der Waals surface area contributed by atoms with E-state index in [0.29, 0.717) is 11.4 Å². The highest BCUT2D eigenvalue weighted by Gasteiger charge is 2.15. The summed E-state index contributed by atoms with van der Waals surface area (Å²) >= 11 is 0. The molecule has 1 amide bonds. The standard InChI is InChI=1S/C17H23N3O/c1-19(17(21)16-12-15(18)13-20(16)2)11-7-6-10-14-8-4-3-5-9-14/h3-5,8-9,12-13H,6-7,10-11,18H2,1-2H3. The van der Waals surface area contributed by atoms with Crippen molar-refractivity contribution in [3.63, 3.8) is 0 Å². The number of aryl methyl sites for hydroxylation is 2. The van der Waals surface area contributed by atoms with Gasteiger partial charge in [0.2, 0.25) is 0 Å². The molecule has 0 unspecified atom stereocenters. The van der Waals surface area contributed by atoms with E-state index in [1.54, 1.807) is 21.7 Å². The third-order valence-electron chi connectivity index (χ3n) is 3.64. The molecule has 0 radical (unpaired) electrons. The van der Waals surface area contributed by atoms with Gasteiger partial charge in [0.1, 0.15) is 5.69 Å². The van der Waals surface area contributed by atoms with E-state index >= 15 is 0 Å². The van der Waals surface area contributed by atoms with E-state index in [1.807, 2.05) is 20.2 Å². The van der Waals surface area contributed by atoms with Gasteiger partial charge in [-0.2, -0.15) is 0 Å². The van der Waals surface area contributed by atoms with Crippen LogP contribution in [-0.2, 0) is 13.5 Å².